The van der Waals surface area contributed by atoms with E-state index in [4.69, 9.17) is 13.9 Å². The monoisotopic (exact) mass is 331 g/mol. The number of furan rings is 1. The van der Waals surface area contributed by atoms with Crippen molar-refractivity contribution in [2.45, 2.75) is 38.5 Å². The van der Waals surface area contributed by atoms with Gasteiger partial charge in [-0.2, -0.15) is 0 Å². The van der Waals surface area contributed by atoms with Gasteiger partial charge in [0.2, 0.25) is 0 Å². The Kier molecular flexibility index (Phi) is 5.77. The van der Waals surface area contributed by atoms with E-state index in [1.165, 1.54) is 12.8 Å². The van der Waals surface area contributed by atoms with Crippen molar-refractivity contribution in [3.63, 3.8) is 0 Å². The topological polar surface area (TPSA) is 55.1 Å². The molecule has 3 rings (SSSR count). The Morgan fingerprint density at radius 1 is 1.17 bits per heavy atom. The van der Waals surface area contributed by atoms with E-state index in [1.807, 2.05) is 43.3 Å². The molecule has 1 aromatic heterocycles. The van der Waals surface area contributed by atoms with Crippen LogP contribution in [0.25, 0.3) is 0 Å². The number of aliphatic hydroxyl groups is 1. The van der Waals surface area contributed by atoms with Gasteiger partial charge < -0.3 is 19.0 Å². The van der Waals surface area contributed by atoms with Crippen LogP contribution in [0.15, 0.2) is 47.1 Å². The van der Waals surface area contributed by atoms with Gasteiger partial charge in [0.15, 0.2) is 0 Å². The van der Waals surface area contributed by atoms with Gasteiger partial charge in [-0.3, -0.25) is 4.90 Å². The van der Waals surface area contributed by atoms with Gasteiger partial charge in [-0.05, 0) is 56.2 Å². The second-order valence-corrected chi connectivity index (χ2v) is 6.11. The van der Waals surface area contributed by atoms with Crippen LogP contribution in [0.5, 0.6) is 11.5 Å². The van der Waals surface area contributed by atoms with Crippen molar-refractivity contribution in [1.29, 1.82) is 0 Å². The maximum absolute atomic E-state index is 10.3. The van der Waals surface area contributed by atoms with Crippen LogP contribution in [0.2, 0.25) is 0 Å². The zero-order valence-corrected chi connectivity index (χ0v) is 14.1. The summed E-state index contributed by atoms with van der Waals surface area (Å²) in [6.07, 6.45) is 3.53. The first kappa shape index (κ1) is 16.9. The lowest BCUT2D eigenvalue weighted by atomic mass is 10.3. The van der Waals surface area contributed by atoms with E-state index in [2.05, 4.69) is 4.90 Å². The molecule has 1 aliphatic carbocycles. The molecule has 5 heteroatoms. The molecule has 1 saturated carbocycles. The van der Waals surface area contributed by atoms with Crippen LogP contribution in [-0.2, 0) is 6.54 Å². The van der Waals surface area contributed by atoms with Crippen LogP contribution in [0, 0.1) is 0 Å². The molecule has 1 N–H and O–H groups in total. The van der Waals surface area contributed by atoms with E-state index >= 15 is 0 Å². The first-order valence-corrected chi connectivity index (χ1v) is 8.54. The molecule has 24 heavy (non-hydrogen) atoms. The van der Waals surface area contributed by atoms with Crippen LogP contribution < -0.4 is 9.47 Å². The summed E-state index contributed by atoms with van der Waals surface area (Å²) in [7, 11) is 0. The summed E-state index contributed by atoms with van der Waals surface area (Å²) in [5.41, 5.74) is 0. The molecule has 1 heterocycles. The van der Waals surface area contributed by atoms with Crippen molar-refractivity contribution >= 4 is 0 Å². The Balaban J connectivity index is 1.46. The first-order chi connectivity index (χ1) is 11.7. The molecule has 0 amide bonds. The number of aliphatic hydroxyl groups excluding tert-OH is 1. The fourth-order valence-corrected chi connectivity index (χ4v) is 2.70. The summed E-state index contributed by atoms with van der Waals surface area (Å²) in [5, 5.41) is 10.3. The molecule has 0 spiro atoms. The SMILES string of the molecule is CCOc1ccc(OCC(O)CN(Cc2ccco2)C2CC2)cc1. The molecule has 1 atom stereocenters. The van der Waals surface area contributed by atoms with E-state index in [-0.39, 0.29) is 6.61 Å². The molecule has 5 nitrogen and oxygen atoms in total. The molecule has 1 unspecified atom stereocenters. The Morgan fingerprint density at radius 2 is 1.88 bits per heavy atom. The van der Waals surface area contributed by atoms with E-state index in [0.29, 0.717) is 19.2 Å². The third kappa shape index (κ3) is 5.01. The van der Waals surface area contributed by atoms with Gasteiger partial charge >= 0.3 is 0 Å². The van der Waals surface area contributed by atoms with E-state index in [9.17, 15) is 5.11 Å². The predicted molar refractivity (Wildman–Crippen MR) is 91.3 cm³/mol. The molecule has 1 fully saturated rings. The summed E-state index contributed by atoms with van der Waals surface area (Å²) in [6.45, 7) is 4.19. The van der Waals surface area contributed by atoms with Crippen LogP contribution in [0.1, 0.15) is 25.5 Å². The fourth-order valence-electron chi connectivity index (χ4n) is 2.70. The number of ether oxygens (including phenoxy) is 2. The Hall–Kier alpha value is -1.98. The van der Waals surface area contributed by atoms with Crippen molar-refractivity contribution in [2.75, 3.05) is 19.8 Å². The summed E-state index contributed by atoms with van der Waals surface area (Å²) < 4.78 is 16.5. The fraction of sp³-hybridized carbons (Fsp3) is 0.474. The van der Waals surface area contributed by atoms with E-state index < -0.39 is 6.10 Å². The average Bonchev–Trinajstić information content (AvgIpc) is 3.31. The van der Waals surface area contributed by atoms with Crippen molar-refractivity contribution < 1.29 is 19.0 Å². The highest BCUT2D eigenvalue weighted by Gasteiger charge is 2.30. The normalized spacial score (nSPS) is 15.5. The smallest absolute Gasteiger partial charge is 0.119 e. The molecule has 1 aliphatic rings. The molecular formula is C19H25NO4. The summed E-state index contributed by atoms with van der Waals surface area (Å²) in [6, 6.07) is 11.9. The third-order valence-electron chi connectivity index (χ3n) is 4.02. The largest absolute Gasteiger partial charge is 0.494 e. The molecule has 0 radical (unpaired) electrons. The van der Waals surface area contributed by atoms with Gasteiger partial charge in [0.05, 0.1) is 19.4 Å². The predicted octanol–water partition coefficient (Wildman–Crippen LogP) is 3.08. The van der Waals surface area contributed by atoms with Crippen molar-refractivity contribution in [3.05, 3.63) is 48.4 Å². The zero-order chi connectivity index (χ0) is 16.8. The number of hydrogen-bond donors (Lipinski definition) is 1. The minimum absolute atomic E-state index is 0.273. The molecule has 130 valence electrons. The summed E-state index contributed by atoms with van der Waals surface area (Å²) in [4.78, 5) is 2.27. The average molecular weight is 331 g/mol. The quantitative estimate of drug-likeness (QED) is 0.725. The first-order valence-electron chi connectivity index (χ1n) is 8.54. The lowest BCUT2D eigenvalue weighted by Gasteiger charge is -2.24. The Labute approximate surface area is 142 Å². The second kappa shape index (κ2) is 8.22. The lowest BCUT2D eigenvalue weighted by Crippen LogP contribution is -2.36. The van der Waals surface area contributed by atoms with Crippen LogP contribution in [-0.4, -0.2) is 41.9 Å². The molecule has 0 saturated heterocycles. The molecular weight excluding hydrogens is 306 g/mol. The molecule has 0 bridgehead atoms. The number of rotatable bonds is 10. The third-order valence-corrected chi connectivity index (χ3v) is 4.02. The highest BCUT2D eigenvalue weighted by molar-refractivity contribution is 5.31. The molecule has 0 aliphatic heterocycles. The van der Waals surface area contributed by atoms with Gasteiger partial charge in [-0.1, -0.05) is 0 Å². The Morgan fingerprint density at radius 3 is 2.46 bits per heavy atom. The summed E-state index contributed by atoms with van der Waals surface area (Å²) in [5.74, 6) is 2.49. The molecule has 1 aromatic carbocycles. The molecule has 2 aromatic rings. The van der Waals surface area contributed by atoms with E-state index in [0.717, 1.165) is 23.8 Å². The number of benzene rings is 1. The highest BCUT2D eigenvalue weighted by atomic mass is 16.5. The van der Waals surface area contributed by atoms with Crippen LogP contribution in [0.3, 0.4) is 0 Å². The zero-order valence-electron chi connectivity index (χ0n) is 14.1. The summed E-state index contributed by atoms with van der Waals surface area (Å²) >= 11 is 0. The van der Waals surface area contributed by atoms with Gasteiger partial charge in [0.25, 0.3) is 0 Å². The van der Waals surface area contributed by atoms with Crippen molar-refractivity contribution in [1.82, 2.24) is 4.90 Å². The maximum atomic E-state index is 10.3. The number of nitrogens with zero attached hydrogens (tertiary/aromatic N) is 1. The van der Waals surface area contributed by atoms with Gasteiger partial charge in [0.1, 0.15) is 30.0 Å². The number of hydrogen-bond acceptors (Lipinski definition) is 5. The van der Waals surface area contributed by atoms with Crippen LogP contribution in [0.4, 0.5) is 0 Å². The minimum Gasteiger partial charge on any atom is -0.494 e. The van der Waals surface area contributed by atoms with E-state index in [1.54, 1.807) is 6.26 Å². The lowest BCUT2D eigenvalue weighted by molar-refractivity contribution is 0.0602. The van der Waals surface area contributed by atoms with Gasteiger partial charge in [-0.15, -0.1) is 0 Å². The minimum atomic E-state index is -0.535. The van der Waals surface area contributed by atoms with Gasteiger partial charge in [-0.25, -0.2) is 0 Å². The highest BCUT2D eigenvalue weighted by Crippen LogP contribution is 2.28. The van der Waals surface area contributed by atoms with Crippen molar-refractivity contribution in [2.24, 2.45) is 0 Å². The maximum Gasteiger partial charge on any atom is 0.119 e. The Bertz CT molecular complexity index is 592. The van der Waals surface area contributed by atoms with Crippen LogP contribution >= 0.6 is 0 Å². The standard InChI is InChI=1S/C19H25NO4/c1-2-22-17-7-9-18(10-8-17)24-14-16(21)12-20(15-5-6-15)13-19-4-3-11-23-19/h3-4,7-11,15-16,21H,2,5-6,12-14H2,1H3. The van der Waals surface area contributed by atoms with Gasteiger partial charge in [0, 0.05) is 12.6 Å². The van der Waals surface area contributed by atoms with Crippen molar-refractivity contribution in [3.8, 4) is 11.5 Å². The second-order valence-electron chi connectivity index (χ2n) is 6.11.